The van der Waals surface area contributed by atoms with Gasteiger partial charge in [0.05, 0.1) is 43.5 Å². The van der Waals surface area contributed by atoms with Crippen LogP contribution in [-0.4, -0.2) is 47.7 Å². The summed E-state index contributed by atoms with van der Waals surface area (Å²) in [5.41, 5.74) is 0.102. The Kier molecular flexibility index (Phi) is 7.82. The van der Waals surface area contributed by atoms with E-state index in [0.29, 0.717) is 0 Å². The second-order valence-electron chi connectivity index (χ2n) is 6.03. The summed E-state index contributed by atoms with van der Waals surface area (Å²) >= 11 is 3.23. The van der Waals surface area contributed by atoms with Crippen molar-refractivity contribution in [2.75, 3.05) is 26.6 Å². The van der Waals surface area contributed by atoms with Crippen LogP contribution in [0.15, 0.2) is 45.8 Å². The van der Waals surface area contributed by atoms with E-state index < -0.39 is 27.9 Å². The van der Waals surface area contributed by atoms with Gasteiger partial charge in [-0.2, -0.15) is 4.72 Å². The van der Waals surface area contributed by atoms with Gasteiger partial charge in [0.2, 0.25) is 15.9 Å². The van der Waals surface area contributed by atoms with Crippen molar-refractivity contribution >= 4 is 43.5 Å². The highest BCUT2D eigenvalue weighted by Gasteiger charge is 2.25. The van der Waals surface area contributed by atoms with Gasteiger partial charge < -0.3 is 19.5 Å². The summed E-state index contributed by atoms with van der Waals surface area (Å²) < 4.78 is 43.1. The quantitative estimate of drug-likeness (QED) is 0.534. The molecule has 2 rings (SSSR count). The van der Waals surface area contributed by atoms with Gasteiger partial charge in [-0.05, 0) is 31.2 Å². The molecule has 0 aliphatic carbocycles. The molecule has 0 aliphatic rings. The molecule has 0 saturated heterocycles. The van der Waals surface area contributed by atoms with Gasteiger partial charge in [-0.25, -0.2) is 13.2 Å². The Balaban J connectivity index is 2.27. The fourth-order valence-corrected chi connectivity index (χ4v) is 3.94. The van der Waals surface area contributed by atoms with E-state index in [9.17, 15) is 18.0 Å². The minimum absolute atomic E-state index is 0.00622. The van der Waals surface area contributed by atoms with E-state index in [4.69, 9.17) is 14.2 Å². The standard InChI is InChI=1S/C19H21BrN2O7S/c1-11(22-30(25,26)13-7-5-12(20)6-8-13)18(23)21-15-10-17(28-3)16(27-2)9-14(15)19(24)29-4/h5-11,22H,1-4H3,(H,21,23)/t11-/m1/s1. The molecule has 2 N–H and O–H groups in total. The van der Waals surface area contributed by atoms with Crippen LogP contribution >= 0.6 is 15.9 Å². The predicted molar refractivity (Wildman–Crippen MR) is 113 cm³/mol. The van der Waals surface area contributed by atoms with Crippen LogP contribution in [0.3, 0.4) is 0 Å². The second kappa shape index (κ2) is 9.92. The third-order valence-electron chi connectivity index (χ3n) is 4.04. The van der Waals surface area contributed by atoms with Gasteiger partial charge in [0, 0.05) is 16.6 Å². The lowest BCUT2D eigenvalue weighted by Gasteiger charge is -2.17. The minimum atomic E-state index is -3.94. The normalized spacial score (nSPS) is 12.0. The molecule has 9 nitrogen and oxygen atoms in total. The number of hydrogen-bond donors (Lipinski definition) is 2. The first-order valence-corrected chi connectivity index (χ1v) is 10.8. The van der Waals surface area contributed by atoms with E-state index in [0.717, 1.165) is 4.47 Å². The van der Waals surface area contributed by atoms with E-state index in [1.165, 1.54) is 52.5 Å². The lowest BCUT2D eigenvalue weighted by atomic mass is 10.1. The van der Waals surface area contributed by atoms with Crippen molar-refractivity contribution < 1.29 is 32.2 Å². The molecule has 0 bridgehead atoms. The summed E-state index contributed by atoms with van der Waals surface area (Å²) in [6, 6.07) is 7.56. The number of carbonyl (C=O) groups is 2. The molecule has 0 unspecified atom stereocenters. The lowest BCUT2D eigenvalue weighted by Crippen LogP contribution is -2.41. The number of rotatable bonds is 8. The predicted octanol–water partition coefficient (Wildman–Crippen LogP) is 2.56. The van der Waals surface area contributed by atoms with E-state index in [1.807, 2.05) is 0 Å². The average Bonchev–Trinajstić information content (AvgIpc) is 2.72. The monoisotopic (exact) mass is 500 g/mol. The zero-order chi connectivity index (χ0) is 22.5. The summed E-state index contributed by atoms with van der Waals surface area (Å²) in [5.74, 6) is -0.870. The first-order chi connectivity index (χ1) is 14.1. The van der Waals surface area contributed by atoms with Gasteiger partial charge in [-0.15, -0.1) is 0 Å². The van der Waals surface area contributed by atoms with Crippen LogP contribution in [0, 0.1) is 0 Å². The van der Waals surface area contributed by atoms with Crippen LogP contribution in [0.5, 0.6) is 11.5 Å². The van der Waals surface area contributed by atoms with E-state index in [-0.39, 0.29) is 27.6 Å². The molecule has 0 radical (unpaired) electrons. The van der Waals surface area contributed by atoms with Gasteiger partial charge in [-0.1, -0.05) is 15.9 Å². The third kappa shape index (κ3) is 5.49. The third-order valence-corrected chi connectivity index (χ3v) is 6.12. The molecule has 1 amide bonds. The summed E-state index contributed by atoms with van der Waals surface area (Å²) in [6.07, 6.45) is 0. The maximum Gasteiger partial charge on any atom is 0.340 e. The average molecular weight is 501 g/mol. The molecule has 1 atom stereocenters. The highest BCUT2D eigenvalue weighted by Crippen LogP contribution is 2.33. The summed E-state index contributed by atoms with van der Waals surface area (Å²) in [6.45, 7) is 1.38. The van der Waals surface area contributed by atoms with Crippen molar-refractivity contribution in [3.8, 4) is 11.5 Å². The Morgan fingerprint density at radius 1 is 1.00 bits per heavy atom. The Labute approximate surface area is 182 Å². The van der Waals surface area contributed by atoms with Crippen LogP contribution in [0.1, 0.15) is 17.3 Å². The van der Waals surface area contributed by atoms with Crippen LogP contribution in [0.2, 0.25) is 0 Å². The molecule has 0 aliphatic heterocycles. The number of benzene rings is 2. The van der Waals surface area contributed by atoms with Crippen LogP contribution in [0.4, 0.5) is 5.69 Å². The SMILES string of the molecule is COC(=O)c1cc(OC)c(OC)cc1NC(=O)[C@@H](C)NS(=O)(=O)c1ccc(Br)cc1. The molecule has 2 aromatic carbocycles. The number of carbonyl (C=O) groups excluding carboxylic acids is 2. The molecule has 162 valence electrons. The van der Waals surface area contributed by atoms with Gasteiger partial charge in [0.25, 0.3) is 0 Å². The van der Waals surface area contributed by atoms with Crippen molar-refractivity contribution in [3.63, 3.8) is 0 Å². The summed E-state index contributed by atoms with van der Waals surface area (Å²) in [5, 5.41) is 2.52. The highest BCUT2D eigenvalue weighted by atomic mass is 79.9. The first-order valence-electron chi connectivity index (χ1n) is 8.56. The topological polar surface area (TPSA) is 120 Å². The maximum absolute atomic E-state index is 12.6. The lowest BCUT2D eigenvalue weighted by molar-refractivity contribution is -0.117. The minimum Gasteiger partial charge on any atom is -0.493 e. The molecule has 11 heteroatoms. The molecular weight excluding hydrogens is 480 g/mol. The van der Waals surface area contributed by atoms with E-state index in [2.05, 4.69) is 26.0 Å². The summed E-state index contributed by atoms with van der Waals surface area (Å²) in [7, 11) is 0.0559. The first kappa shape index (κ1) is 23.6. The van der Waals surface area contributed by atoms with Crippen molar-refractivity contribution in [2.45, 2.75) is 17.9 Å². The number of sulfonamides is 1. The number of nitrogens with one attached hydrogen (secondary N) is 2. The molecule has 0 aromatic heterocycles. The number of amides is 1. The molecule has 30 heavy (non-hydrogen) atoms. The zero-order valence-electron chi connectivity index (χ0n) is 16.7. The van der Waals surface area contributed by atoms with E-state index in [1.54, 1.807) is 12.1 Å². The van der Waals surface area contributed by atoms with Crippen molar-refractivity contribution in [1.29, 1.82) is 0 Å². The van der Waals surface area contributed by atoms with Crippen molar-refractivity contribution in [2.24, 2.45) is 0 Å². The number of ether oxygens (including phenoxy) is 3. The second-order valence-corrected chi connectivity index (χ2v) is 8.66. The molecule has 0 spiro atoms. The van der Waals surface area contributed by atoms with Gasteiger partial charge in [-0.3, -0.25) is 4.79 Å². The van der Waals surface area contributed by atoms with Crippen molar-refractivity contribution in [1.82, 2.24) is 4.72 Å². The van der Waals surface area contributed by atoms with Crippen molar-refractivity contribution in [3.05, 3.63) is 46.4 Å². The maximum atomic E-state index is 12.6. The number of hydrogen-bond acceptors (Lipinski definition) is 7. The van der Waals surface area contributed by atoms with Gasteiger partial charge in [0.15, 0.2) is 11.5 Å². The Hall–Kier alpha value is -2.63. The van der Waals surface area contributed by atoms with E-state index >= 15 is 0 Å². The summed E-state index contributed by atoms with van der Waals surface area (Å²) in [4.78, 5) is 24.7. The Morgan fingerprint density at radius 2 is 1.57 bits per heavy atom. The van der Waals surface area contributed by atoms with Gasteiger partial charge in [0.1, 0.15) is 0 Å². The molecule has 2 aromatic rings. The molecule has 0 fully saturated rings. The van der Waals surface area contributed by atoms with Crippen LogP contribution in [-0.2, 0) is 19.6 Å². The Bertz CT molecular complexity index is 1040. The molecule has 0 heterocycles. The fourth-order valence-electron chi connectivity index (χ4n) is 2.47. The highest BCUT2D eigenvalue weighted by molar-refractivity contribution is 9.10. The number of anilines is 1. The Morgan fingerprint density at radius 3 is 2.10 bits per heavy atom. The number of halogens is 1. The number of esters is 1. The zero-order valence-corrected chi connectivity index (χ0v) is 19.1. The fraction of sp³-hybridized carbons (Fsp3) is 0.263. The van der Waals surface area contributed by atoms with Gasteiger partial charge >= 0.3 is 5.97 Å². The van der Waals surface area contributed by atoms with Crippen LogP contribution < -0.4 is 19.5 Å². The van der Waals surface area contributed by atoms with Crippen LogP contribution in [0.25, 0.3) is 0 Å². The number of methoxy groups -OCH3 is 3. The molecular formula is C19H21BrN2O7S. The largest absolute Gasteiger partial charge is 0.493 e. The smallest absolute Gasteiger partial charge is 0.340 e. The molecule has 0 saturated carbocycles.